The van der Waals surface area contributed by atoms with Gasteiger partial charge in [-0.15, -0.1) is 0 Å². The van der Waals surface area contributed by atoms with E-state index in [-0.39, 0.29) is 17.1 Å². The van der Waals surface area contributed by atoms with Gasteiger partial charge in [0, 0.05) is 10.5 Å². The second kappa shape index (κ2) is 5.75. The monoisotopic (exact) mass is 352 g/mol. The lowest BCUT2D eigenvalue weighted by Gasteiger charge is -2.09. The summed E-state index contributed by atoms with van der Waals surface area (Å²) in [6.07, 6.45) is 0. The summed E-state index contributed by atoms with van der Waals surface area (Å²) in [6.45, 7) is 0. The van der Waals surface area contributed by atoms with Crippen LogP contribution in [0.15, 0.2) is 34.8 Å². The molecule has 0 saturated carbocycles. The van der Waals surface area contributed by atoms with Crippen LogP contribution in [0.4, 0.5) is 23.0 Å². The van der Waals surface area contributed by atoms with Gasteiger partial charge in [0.2, 0.25) is 5.82 Å². The highest BCUT2D eigenvalue weighted by molar-refractivity contribution is 9.10. The van der Waals surface area contributed by atoms with Crippen LogP contribution in [0.25, 0.3) is 0 Å². The molecule has 0 aliphatic rings. The van der Waals surface area contributed by atoms with Crippen molar-refractivity contribution in [3.05, 3.63) is 50.5 Å². The first-order valence-electron chi connectivity index (χ1n) is 5.59. The number of anilines is 3. The number of nitrogen functional groups attached to an aromatic ring is 1. The molecule has 9 heteroatoms. The van der Waals surface area contributed by atoms with E-state index in [1.165, 1.54) is 24.3 Å². The van der Waals surface area contributed by atoms with Gasteiger partial charge < -0.3 is 16.2 Å². The molecule has 0 fully saturated rings. The van der Waals surface area contributed by atoms with E-state index in [1.54, 1.807) is 6.07 Å². The van der Waals surface area contributed by atoms with Crippen molar-refractivity contribution in [1.82, 2.24) is 4.98 Å². The minimum Gasteiger partial charge on any atom is -0.478 e. The lowest BCUT2D eigenvalue weighted by molar-refractivity contribution is -0.384. The number of nitrogens with one attached hydrogen (secondary N) is 1. The molecule has 2 rings (SSSR count). The molecule has 0 bridgehead atoms. The van der Waals surface area contributed by atoms with Crippen molar-refractivity contribution in [2.75, 3.05) is 11.1 Å². The quantitative estimate of drug-likeness (QED) is 0.569. The molecule has 0 aliphatic carbocycles. The maximum Gasteiger partial charge on any atom is 0.335 e. The number of aromatic carboxylic acids is 1. The van der Waals surface area contributed by atoms with Gasteiger partial charge in [0.05, 0.1) is 16.2 Å². The lowest BCUT2D eigenvalue weighted by Crippen LogP contribution is -2.02. The number of hydrogen-bond acceptors (Lipinski definition) is 6. The van der Waals surface area contributed by atoms with Crippen molar-refractivity contribution in [2.45, 2.75) is 0 Å². The summed E-state index contributed by atoms with van der Waals surface area (Å²) in [5.74, 6) is -0.940. The van der Waals surface area contributed by atoms with E-state index in [4.69, 9.17) is 10.8 Å². The first kappa shape index (κ1) is 14.7. The second-order valence-electron chi connectivity index (χ2n) is 3.98. The molecule has 0 atom stereocenters. The topological polar surface area (TPSA) is 131 Å². The van der Waals surface area contributed by atoms with Crippen molar-refractivity contribution < 1.29 is 14.8 Å². The van der Waals surface area contributed by atoms with Gasteiger partial charge in [-0.25, -0.2) is 9.78 Å². The average Bonchev–Trinajstić information content (AvgIpc) is 2.40. The van der Waals surface area contributed by atoms with E-state index in [0.717, 1.165) is 0 Å². The third-order valence-corrected chi connectivity index (χ3v) is 3.23. The van der Waals surface area contributed by atoms with Crippen LogP contribution in [0.3, 0.4) is 0 Å². The Bertz CT molecular complexity index is 735. The molecular formula is C12H9BrN4O4. The SMILES string of the molecule is Nc1nc(Nc2ccc(C(=O)O)cc2Br)ccc1[N+](=O)[O-]. The fourth-order valence-electron chi connectivity index (χ4n) is 1.58. The molecule has 1 aromatic heterocycles. The summed E-state index contributed by atoms with van der Waals surface area (Å²) in [5.41, 5.74) is 5.90. The zero-order valence-corrected chi connectivity index (χ0v) is 12.0. The first-order valence-corrected chi connectivity index (χ1v) is 6.38. The third kappa shape index (κ3) is 3.26. The highest BCUT2D eigenvalue weighted by atomic mass is 79.9. The van der Waals surface area contributed by atoms with Crippen molar-refractivity contribution in [1.29, 1.82) is 0 Å². The average molecular weight is 353 g/mol. The largest absolute Gasteiger partial charge is 0.478 e. The molecule has 4 N–H and O–H groups in total. The summed E-state index contributed by atoms with van der Waals surface area (Å²) in [4.78, 5) is 24.7. The molecule has 1 heterocycles. The standard InChI is InChI=1S/C12H9BrN4O4/c13-7-5-6(12(18)19)1-2-8(7)15-10-4-3-9(17(20)21)11(14)16-10/h1-5H,(H,18,19)(H3,14,15,16). The van der Waals surface area contributed by atoms with Crippen LogP contribution in [-0.2, 0) is 0 Å². The number of pyridine rings is 1. The molecule has 108 valence electrons. The zero-order chi connectivity index (χ0) is 15.6. The third-order valence-electron chi connectivity index (χ3n) is 2.58. The number of halogens is 1. The molecule has 1 aromatic carbocycles. The van der Waals surface area contributed by atoms with Crippen molar-refractivity contribution in [3.8, 4) is 0 Å². The van der Waals surface area contributed by atoms with Gasteiger partial charge in [-0.3, -0.25) is 10.1 Å². The number of rotatable bonds is 4. The molecule has 0 unspecified atom stereocenters. The number of nitrogens with two attached hydrogens (primary N) is 1. The van der Waals surface area contributed by atoms with Gasteiger partial charge >= 0.3 is 11.7 Å². The van der Waals surface area contributed by atoms with E-state index in [0.29, 0.717) is 16.0 Å². The number of carbonyl (C=O) groups is 1. The maximum absolute atomic E-state index is 10.8. The smallest absolute Gasteiger partial charge is 0.335 e. The highest BCUT2D eigenvalue weighted by Crippen LogP contribution is 2.28. The van der Waals surface area contributed by atoms with E-state index in [1.807, 2.05) is 0 Å². The number of nitrogens with zero attached hydrogens (tertiary/aromatic N) is 2. The van der Waals surface area contributed by atoms with Gasteiger partial charge in [-0.2, -0.15) is 0 Å². The number of carboxylic acid groups (broad SMARTS) is 1. The minimum atomic E-state index is -1.04. The van der Waals surface area contributed by atoms with Crippen LogP contribution in [0.2, 0.25) is 0 Å². The van der Waals surface area contributed by atoms with E-state index >= 15 is 0 Å². The van der Waals surface area contributed by atoms with Crippen LogP contribution in [0.1, 0.15) is 10.4 Å². The molecular weight excluding hydrogens is 344 g/mol. The summed E-state index contributed by atoms with van der Waals surface area (Å²) in [5, 5.41) is 22.4. The Balaban J connectivity index is 2.28. The Morgan fingerprint density at radius 2 is 2.10 bits per heavy atom. The van der Waals surface area contributed by atoms with E-state index in [9.17, 15) is 14.9 Å². The fourth-order valence-corrected chi connectivity index (χ4v) is 2.06. The molecule has 0 amide bonds. The maximum atomic E-state index is 10.8. The molecule has 0 aliphatic heterocycles. The van der Waals surface area contributed by atoms with Crippen LogP contribution in [0.5, 0.6) is 0 Å². The van der Waals surface area contributed by atoms with Gasteiger partial charge in [0.25, 0.3) is 0 Å². The molecule has 0 saturated heterocycles. The predicted molar refractivity (Wildman–Crippen MR) is 79.7 cm³/mol. The number of nitro groups is 1. The van der Waals surface area contributed by atoms with Gasteiger partial charge in [-0.05, 0) is 40.2 Å². The molecule has 8 nitrogen and oxygen atoms in total. The number of hydrogen-bond donors (Lipinski definition) is 3. The van der Waals surface area contributed by atoms with Crippen LogP contribution < -0.4 is 11.1 Å². The highest BCUT2D eigenvalue weighted by Gasteiger charge is 2.13. The van der Waals surface area contributed by atoms with Crippen molar-refractivity contribution in [2.24, 2.45) is 0 Å². The van der Waals surface area contributed by atoms with E-state index < -0.39 is 10.9 Å². The van der Waals surface area contributed by atoms with Crippen LogP contribution >= 0.6 is 15.9 Å². The minimum absolute atomic E-state index is 0.128. The predicted octanol–water partition coefficient (Wildman–Crippen LogP) is 2.78. The summed E-state index contributed by atoms with van der Waals surface area (Å²) in [7, 11) is 0. The summed E-state index contributed by atoms with van der Waals surface area (Å²) >= 11 is 3.24. The Morgan fingerprint density at radius 1 is 1.38 bits per heavy atom. The van der Waals surface area contributed by atoms with Crippen molar-refractivity contribution >= 4 is 44.9 Å². The summed E-state index contributed by atoms with van der Waals surface area (Å²) in [6, 6.07) is 7.05. The molecule has 2 aromatic rings. The number of carboxylic acids is 1. The lowest BCUT2D eigenvalue weighted by atomic mass is 10.2. The Morgan fingerprint density at radius 3 is 2.62 bits per heavy atom. The fraction of sp³-hybridized carbons (Fsp3) is 0. The van der Waals surface area contributed by atoms with E-state index in [2.05, 4.69) is 26.2 Å². The first-order chi connectivity index (χ1) is 9.88. The second-order valence-corrected chi connectivity index (χ2v) is 4.84. The Hall–Kier alpha value is -2.68. The zero-order valence-electron chi connectivity index (χ0n) is 10.4. The number of benzene rings is 1. The Kier molecular flexibility index (Phi) is 4.03. The molecule has 21 heavy (non-hydrogen) atoms. The molecule has 0 radical (unpaired) electrons. The van der Waals surface area contributed by atoms with Crippen LogP contribution in [0, 0.1) is 10.1 Å². The van der Waals surface area contributed by atoms with Gasteiger partial charge in [0.1, 0.15) is 5.82 Å². The normalized spacial score (nSPS) is 10.1. The van der Waals surface area contributed by atoms with Gasteiger partial charge in [0.15, 0.2) is 0 Å². The molecule has 0 spiro atoms. The van der Waals surface area contributed by atoms with Crippen LogP contribution in [-0.4, -0.2) is 21.0 Å². The van der Waals surface area contributed by atoms with Gasteiger partial charge in [-0.1, -0.05) is 0 Å². The summed E-state index contributed by atoms with van der Waals surface area (Å²) < 4.78 is 0.515. The van der Waals surface area contributed by atoms with Crippen molar-refractivity contribution in [3.63, 3.8) is 0 Å². The number of aromatic nitrogens is 1. The Labute approximate surface area is 126 Å².